The van der Waals surface area contributed by atoms with Crippen molar-refractivity contribution >= 4 is 27.3 Å². The summed E-state index contributed by atoms with van der Waals surface area (Å²) in [6, 6.07) is 5.46. The molecular weight excluding hydrogens is 327 g/mol. The van der Waals surface area contributed by atoms with Crippen LogP contribution >= 0.6 is 11.3 Å². The molecule has 1 aromatic carbocycles. The fourth-order valence-corrected chi connectivity index (χ4v) is 4.08. The summed E-state index contributed by atoms with van der Waals surface area (Å²) in [5.74, 6) is 0.459. The van der Waals surface area contributed by atoms with Crippen LogP contribution in [-0.2, 0) is 6.42 Å². The Hall–Kier alpha value is -2.28. The number of aromatic nitrogens is 3. The number of halogens is 1. The Labute approximate surface area is 142 Å². The van der Waals surface area contributed by atoms with Crippen LogP contribution in [0.4, 0.5) is 4.39 Å². The normalized spacial score (nSPS) is 14.2. The molecule has 5 nitrogen and oxygen atoms in total. The van der Waals surface area contributed by atoms with Gasteiger partial charge in [-0.25, -0.2) is 4.39 Å². The van der Waals surface area contributed by atoms with Crippen LogP contribution in [0.1, 0.15) is 39.9 Å². The van der Waals surface area contributed by atoms with Crippen molar-refractivity contribution in [3.05, 3.63) is 46.6 Å². The highest BCUT2D eigenvalue weighted by molar-refractivity contribution is 7.21. The first-order valence-corrected chi connectivity index (χ1v) is 8.81. The molecule has 2 heterocycles. The molecule has 0 unspecified atom stereocenters. The van der Waals surface area contributed by atoms with Gasteiger partial charge in [0.15, 0.2) is 0 Å². The van der Waals surface area contributed by atoms with Crippen molar-refractivity contribution in [3.8, 4) is 0 Å². The number of hydrogen-bond acceptors (Lipinski definition) is 4. The molecule has 1 N–H and O–H groups in total. The summed E-state index contributed by atoms with van der Waals surface area (Å²) in [6.45, 7) is 2.28. The number of carbonyl (C=O) groups excluding carboxylic acids is 1. The molecule has 4 rings (SSSR count). The minimum absolute atomic E-state index is 0.161. The predicted octanol–water partition coefficient (Wildman–Crippen LogP) is 3.25. The predicted molar refractivity (Wildman–Crippen MR) is 90.9 cm³/mol. The first-order valence-electron chi connectivity index (χ1n) is 7.99. The molecule has 1 fully saturated rings. The third kappa shape index (κ3) is 2.69. The highest BCUT2D eigenvalue weighted by atomic mass is 32.1. The Balaban J connectivity index is 1.45. The number of rotatable bonds is 5. The van der Waals surface area contributed by atoms with Gasteiger partial charge in [-0.15, -0.1) is 21.5 Å². The van der Waals surface area contributed by atoms with E-state index in [9.17, 15) is 9.18 Å². The molecule has 124 valence electrons. The van der Waals surface area contributed by atoms with Gasteiger partial charge in [0.2, 0.25) is 0 Å². The maximum atomic E-state index is 13.9. The molecule has 1 aliphatic carbocycles. The monoisotopic (exact) mass is 344 g/mol. The Morgan fingerprint density at radius 1 is 1.46 bits per heavy atom. The first kappa shape index (κ1) is 15.3. The van der Waals surface area contributed by atoms with Crippen LogP contribution in [0.25, 0.3) is 10.1 Å². The lowest BCUT2D eigenvalue weighted by Gasteiger charge is -2.06. The van der Waals surface area contributed by atoms with E-state index in [0.717, 1.165) is 10.5 Å². The van der Waals surface area contributed by atoms with Gasteiger partial charge >= 0.3 is 0 Å². The number of thiophene rings is 1. The average molecular weight is 344 g/mol. The maximum Gasteiger partial charge on any atom is 0.261 e. The van der Waals surface area contributed by atoms with Gasteiger partial charge in [-0.3, -0.25) is 4.79 Å². The van der Waals surface area contributed by atoms with Crippen molar-refractivity contribution in [1.29, 1.82) is 0 Å². The molecule has 0 spiro atoms. The van der Waals surface area contributed by atoms with Gasteiger partial charge in [0.25, 0.3) is 5.91 Å². The molecule has 0 saturated heterocycles. The molecule has 3 aromatic rings. The summed E-state index contributed by atoms with van der Waals surface area (Å²) in [6.07, 6.45) is 4.74. The summed E-state index contributed by atoms with van der Waals surface area (Å²) in [7, 11) is 0. The lowest BCUT2D eigenvalue weighted by molar-refractivity contribution is 0.0957. The number of benzene rings is 1. The summed E-state index contributed by atoms with van der Waals surface area (Å²) < 4.78 is 16.8. The van der Waals surface area contributed by atoms with E-state index in [2.05, 4.69) is 20.1 Å². The topological polar surface area (TPSA) is 59.8 Å². The van der Waals surface area contributed by atoms with Gasteiger partial charge in [0, 0.05) is 29.1 Å². The molecule has 1 aliphatic rings. The number of nitrogens with zero attached hydrogens (tertiary/aromatic N) is 3. The SMILES string of the molecule is Cc1c(C(=O)NCCc2nncn2C2CC2)sc2cccc(F)c12. The fourth-order valence-electron chi connectivity index (χ4n) is 2.94. The highest BCUT2D eigenvalue weighted by Crippen LogP contribution is 2.35. The first-order chi connectivity index (χ1) is 11.6. The van der Waals surface area contributed by atoms with Crippen LogP contribution in [0.5, 0.6) is 0 Å². The smallest absolute Gasteiger partial charge is 0.261 e. The quantitative estimate of drug-likeness (QED) is 0.773. The zero-order valence-corrected chi connectivity index (χ0v) is 14.1. The zero-order valence-electron chi connectivity index (χ0n) is 13.3. The van der Waals surface area contributed by atoms with Crippen molar-refractivity contribution < 1.29 is 9.18 Å². The third-order valence-corrected chi connectivity index (χ3v) is 5.59. The van der Waals surface area contributed by atoms with Crippen molar-refractivity contribution in [2.24, 2.45) is 0 Å². The van der Waals surface area contributed by atoms with Crippen molar-refractivity contribution in [2.75, 3.05) is 6.54 Å². The largest absolute Gasteiger partial charge is 0.351 e. The van der Waals surface area contributed by atoms with Crippen LogP contribution in [0.2, 0.25) is 0 Å². The second kappa shape index (κ2) is 5.98. The van der Waals surface area contributed by atoms with Crippen LogP contribution < -0.4 is 5.32 Å². The van der Waals surface area contributed by atoms with E-state index >= 15 is 0 Å². The van der Waals surface area contributed by atoms with Crippen molar-refractivity contribution in [1.82, 2.24) is 20.1 Å². The van der Waals surface area contributed by atoms with E-state index in [0.29, 0.717) is 34.8 Å². The summed E-state index contributed by atoms with van der Waals surface area (Å²) in [5, 5.41) is 11.5. The summed E-state index contributed by atoms with van der Waals surface area (Å²) >= 11 is 1.33. The summed E-state index contributed by atoms with van der Waals surface area (Å²) in [4.78, 5) is 13.0. The van der Waals surface area contributed by atoms with Gasteiger partial charge in [0.05, 0.1) is 4.88 Å². The molecule has 0 aliphatic heterocycles. The minimum Gasteiger partial charge on any atom is -0.351 e. The lowest BCUT2D eigenvalue weighted by Crippen LogP contribution is -2.26. The lowest BCUT2D eigenvalue weighted by atomic mass is 10.1. The second-order valence-electron chi connectivity index (χ2n) is 6.06. The molecule has 0 bridgehead atoms. The third-order valence-electron chi connectivity index (χ3n) is 4.33. The van der Waals surface area contributed by atoms with Crippen molar-refractivity contribution in [3.63, 3.8) is 0 Å². The van der Waals surface area contributed by atoms with E-state index in [-0.39, 0.29) is 11.7 Å². The maximum absolute atomic E-state index is 13.9. The number of aryl methyl sites for hydroxylation is 1. The molecular formula is C17H17FN4OS. The number of carbonyl (C=O) groups is 1. The van der Waals surface area contributed by atoms with E-state index in [4.69, 9.17) is 0 Å². The minimum atomic E-state index is -0.280. The van der Waals surface area contributed by atoms with Gasteiger partial charge in [0.1, 0.15) is 18.0 Å². The molecule has 24 heavy (non-hydrogen) atoms. The Kier molecular flexibility index (Phi) is 3.80. The van der Waals surface area contributed by atoms with Crippen LogP contribution in [0.15, 0.2) is 24.5 Å². The second-order valence-corrected chi connectivity index (χ2v) is 7.11. The van der Waals surface area contributed by atoms with Crippen LogP contribution in [0, 0.1) is 12.7 Å². The fraction of sp³-hybridized carbons (Fsp3) is 0.353. The van der Waals surface area contributed by atoms with Crippen molar-refractivity contribution in [2.45, 2.75) is 32.2 Å². The molecule has 0 radical (unpaired) electrons. The summed E-state index contributed by atoms with van der Waals surface area (Å²) in [5.41, 5.74) is 0.701. The van der Waals surface area contributed by atoms with E-state index in [1.54, 1.807) is 19.3 Å². The van der Waals surface area contributed by atoms with Gasteiger partial charge in [-0.1, -0.05) is 6.07 Å². The number of amides is 1. The number of fused-ring (bicyclic) bond motifs is 1. The average Bonchev–Trinajstić information content (AvgIpc) is 3.20. The Morgan fingerprint density at radius 2 is 2.29 bits per heavy atom. The number of nitrogens with one attached hydrogen (secondary N) is 1. The Morgan fingerprint density at radius 3 is 3.04 bits per heavy atom. The van der Waals surface area contributed by atoms with Crippen LogP contribution in [0.3, 0.4) is 0 Å². The van der Waals surface area contributed by atoms with E-state index in [1.807, 2.05) is 6.07 Å². The molecule has 0 atom stereocenters. The van der Waals surface area contributed by atoms with Gasteiger partial charge in [-0.2, -0.15) is 0 Å². The zero-order chi connectivity index (χ0) is 16.7. The molecule has 7 heteroatoms. The van der Waals surface area contributed by atoms with Crippen LogP contribution in [-0.4, -0.2) is 27.2 Å². The van der Waals surface area contributed by atoms with Gasteiger partial charge < -0.3 is 9.88 Å². The molecule has 2 aromatic heterocycles. The van der Waals surface area contributed by atoms with E-state index in [1.165, 1.54) is 30.2 Å². The molecule has 1 saturated carbocycles. The highest BCUT2D eigenvalue weighted by Gasteiger charge is 2.26. The molecule has 1 amide bonds. The van der Waals surface area contributed by atoms with Gasteiger partial charge in [-0.05, 0) is 37.5 Å². The standard InChI is InChI=1S/C17H17FN4OS/c1-10-15-12(18)3-2-4-13(15)24-16(10)17(23)19-8-7-14-21-20-9-22(14)11-5-6-11/h2-4,9,11H,5-8H2,1H3,(H,19,23). The number of hydrogen-bond donors (Lipinski definition) is 1. The Bertz CT molecular complexity index is 913. The van der Waals surface area contributed by atoms with E-state index < -0.39 is 0 Å².